The standard InChI is InChI=1S/C19H22F2N4/c1-4-18(2,11-22)13-7-12(8-14(9-13)19(3,20)21)15-5-6-23-17-16(15)10-24-25-17/h5-10H,4,11,22H2,1-3H3,(H,23,24,25). The summed E-state index contributed by atoms with van der Waals surface area (Å²) in [6.45, 7) is 5.33. The minimum atomic E-state index is -2.93. The smallest absolute Gasteiger partial charge is 0.270 e. The van der Waals surface area contributed by atoms with Gasteiger partial charge in [0.2, 0.25) is 0 Å². The van der Waals surface area contributed by atoms with E-state index in [-0.39, 0.29) is 11.0 Å². The molecule has 3 rings (SSSR count). The average Bonchev–Trinajstić information content (AvgIpc) is 3.08. The molecule has 0 bridgehead atoms. The molecule has 3 aromatic rings. The molecule has 2 heterocycles. The second kappa shape index (κ2) is 6.19. The van der Waals surface area contributed by atoms with Gasteiger partial charge in [0.25, 0.3) is 5.92 Å². The predicted molar refractivity (Wildman–Crippen MR) is 95.6 cm³/mol. The molecule has 0 fully saturated rings. The highest BCUT2D eigenvalue weighted by atomic mass is 19.3. The van der Waals surface area contributed by atoms with Crippen molar-refractivity contribution in [1.29, 1.82) is 0 Å². The number of fused-ring (bicyclic) bond motifs is 1. The van der Waals surface area contributed by atoms with E-state index in [1.54, 1.807) is 18.5 Å². The SMILES string of the molecule is CCC(C)(CN)c1cc(-c2ccnc3[nH]ncc23)cc(C(C)(F)F)c1. The van der Waals surface area contributed by atoms with Crippen molar-refractivity contribution in [1.82, 2.24) is 15.2 Å². The number of benzene rings is 1. The van der Waals surface area contributed by atoms with E-state index in [1.807, 2.05) is 26.0 Å². The Morgan fingerprint density at radius 2 is 1.88 bits per heavy atom. The minimum Gasteiger partial charge on any atom is -0.330 e. The van der Waals surface area contributed by atoms with Gasteiger partial charge in [-0.05, 0) is 41.3 Å². The lowest BCUT2D eigenvalue weighted by Gasteiger charge is -2.29. The van der Waals surface area contributed by atoms with E-state index in [1.165, 1.54) is 6.07 Å². The number of nitrogens with one attached hydrogen (secondary N) is 1. The zero-order valence-corrected chi connectivity index (χ0v) is 14.6. The second-order valence-electron chi connectivity index (χ2n) is 6.80. The first-order valence-corrected chi connectivity index (χ1v) is 8.31. The lowest BCUT2D eigenvalue weighted by molar-refractivity contribution is 0.0173. The minimum absolute atomic E-state index is 0.0124. The average molecular weight is 344 g/mol. The molecule has 0 amide bonds. The van der Waals surface area contributed by atoms with Crippen molar-refractivity contribution >= 4 is 11.0 Å². The Hall–Kier alpha value is -2.34. The number of pyridine rings is 1. The third kappa shape index (κ3) is 3.14. The first-order chi connectivity index (χ1) is 11.8. The lowest BCUT2D eigenvalue weighted by Crippen LogP contribution is -2.31. The predicted octanol–water partition coefficient (Wildman–Crippen LogP) is 4.36. The van der Waals surface area contributed by atoms with Crippen LogP contribution in [0.25, 0.3) is 22.2 Å². The molecule has 0 aliphatic carbocycles. The van der Waals surface area contributed by atoms with Crippen LogP contribution >= 0.6 is 0 Å². The van der Waals surface area contributed by atoms with Crippen LogP contribution < -0.4 is 5.73 Å². The van der Waals surface area contributed by atoms with Crippen LogP contribution in [0.3, 0.4) is 0 Å². The fourth-order valence-electron chi connectivity index (χ4n) is 2.95. The topological polar surface area (TPSA) is 67.6 Å². The number of rotatable bonds is 5. The van der Waals surface area contributed by atoms with E-state index in [2.05, 4.69) is 15.2 Å². The van der Waals surface area contributed by atoms with Crippen molar-refractivity contribution < 1.29 is 8.78 Å². The molecule has 2 aromatic heterocycles. The molecule has 6 heteroatoms. The quantitative estimate of drug-likeness (QED) is 0.722. The van der Waals surface area contributed by atoms with Gasteiger partial charge in [-0.25, -0.2) is 13.8 Å². The van der Waals surface area contributed by atoms with Crippen LogP contribution in [0.1, 0.15) is 38.3 Å². The molecule has 1 unspecified atom stereocenters. The Labute approximate surface area is 145 Å². The van der Waals surface area contributed by atoms with Crippen molar-refractivity contribution in [3.63, 3.8) is 0 Å². The Bertz CT molecular complexity index is 892. The molecule has 0 radical (unpaired) electrons. The maximum Gasteiger partial charge on any atom is 0.270 e. The molecule has 0 spiro atoms. The molecule has 0 aliphatic heterocycles. The molecule has 132 valence electrons. The van der Waals surface area contributed by atoms with Gasteiger partial charge in [-0.1, -0.05) is 19.9 Å². The molecule has 3 N–H and O–H groups in total. The number of halogens is 2. The Balaban J connectivity index is 2.28. The van der Waals surface area contributed by atoms with Gasteiger partial charge in [0.15, 0.2) is 5.65 Å². The molecular weight excluding hydrogens is 322 g/mol. The molecule has 4 nitrogen and oxygen atoms in total. The second-order valence-corrected chi connectivity index (χ2v) is 6.80. The number of hydrogen-bond acceptors (Lipinski definition) is 3. The Kier molecular flexibility index (Phi) is 4.33. The molecule has 1 aromatic carbocycles. The van der Waals surface area contributed by atoms with E-state index >= 15 is 0 Å². The van der Waals surface area contributed by atoms with Crippen LogP contribution in [0.15, 0.2) is 36.7 Å². The summed E-state index contributed by atoms with van der Waals surface area (Å²) in [6.07, 6.45) is 4.07. The number of H-pyrrole nitrogens is 1. The maximum atomic E-state index is 14.1. The number of aromatic nitrogens is 3. The summed E-state index contributed by atoms with van der Waals surface area (Å²) in [4.78, 5) is 4.22. The van der Waals surface area contributed by atoms with Gasteiger partial charge in [-0.2, -0.15) is 5.10 Å². The number of nitrogens with zero attached hydrogens (tertiary/aromatic N) is 2. The van der Waals surface area contributed by atoms with E-state index < -0.39 is 5.92 Å². The molecular formula is C19H22F2N4. The van der Waals surface area contributed by atoms with Gasteiger partial charge in [-0.15, -0.1) is 0 Å². The maximum absolute atomic E-state index is 14.1. The highest BCUT2D eigenvalue weighted by Crippen LogP contribution is 2.38. The van der Waals surface area contributed by atoms with E-state index in [0.717, 1.165) is 35.4 Å². The first-order valence-electron chi connectivity index (χ1n) is 8.31. The Morgan fingerprint density at radius 1 is 1.16 bits per heavy atom. The summed E-state index contributed by atoms with van der Waals surface area (Å²) in [5, 5.41) is 7.62. The summed E-state index contributed by atoms with van der Waals surface area (Å²) in [7, 11) is 0. The molecule has 1 atom stereocenters. The van der Waals surface area contributed by atoms with Gasteiger partial charge in [0.05, 0.1) is 6.20 Å². The van der Waals surface area contributed by atoms with Crippen LogP contribution in [0.2, 0.25) is 0 Å². The zero-order chi connectivity index (χ0) is 18.2. The lowest BCUT2D eigenvalue weighted by atomic mass is 9.78. The van der Waals surface area contributed by atoms with Gasteiger partial charge in [0.1, 0.15) is 0 Å². The highest BCUT2D eigenvalue weighted by Gasteiger charge is 2.30. The van der Waals surface area contributed by atoms with Crippen LogP contribution in [-0.2, 0) is 11.3 Å². The number of alkyl halides is 2. The van der Waals surface area contributed by atoms with Crippen molar-refractivity contribution in [3.05, 3.63) is 47.8 Å². The number of nitrogens with two attached hydrogens (primary N) is 1. The third-order valence-corrected chi connectivity index (χ3v) is 5.03. The van der Waals surface area contributed by atoms with Crippen LogP contribution in [-0.4, -0.2) is 21.7 Å². The van der Waals surface area contributed by atoms with Crippen LogP contribution in [0, 0.1) is 0 Å². The normalized spacial score (nSPS) is 14.6. The van der Waals surface area contributed by atoms with E-state index in [4.69, 9.17) is 5.73 Å². The first kappa shape index (κ1) is 17.5. The van der Waals surface area contributed by atoms with Crippen LogP contribution in [0.4, 0.5) is 8.78 Å². The summed E-state index contributed by atoms with van der Waals surface area (Å²) >= 11 is 0. The van der Waals surface area contributed by atoms with Gasteiger partial charge < -0.3 is 5.73 Å². The van der Waals surface area contributed by atoms with Gasteiger partial charge in [-0.3, -0.25) is 5.10 Å². The van der Waals surface area contributed by atoms with Gasteiger partial charge in [0, 0.05) is 36.0 Å². The summed E-state index contributed by atoms with van der Waals surface area (Å²) in [6, 6.07) is 6.89. The Morgan fingerprint density at radius 3 is 2.52 bits per heavy atom. The third-order valence-electron chi connectivity index (χ3n) is 5.03. The number of hydrogen-bond donors (Lipinski definition) is 2. The summed E-state index contributed by atoms with van der Waals surface area (Å²) < 4.78 is 28.2. The van der Waals surface area contributed by atoms with Crippen LogP contribution in [0.5, 0.6) is 0 Å². The molecule has 0 aliphatic rings. The highest BCUT2D eigenvalue weighted by molar-refractivity contribution is 5.92. The monoisotopic (exact) mass is 344 g/mol. The molecule has 25 heavy (non-hydrogen) atoms. The fraction of sp³-hybridized carbons (Fsp3) is 0.368. The van der Waals surface area contributed by atoms with Crippen molar-refractivity contribution in [3.8, 4) is 11.1 Å². The summed E-state index contributed by atoms with van der Waals surface area (Å²) in [5.74, 6) is -2.93. The van der Waals surface area contributed by atoms with Crippen molar-refractivity contribution in [2.24, 2.45) is 5.73 Å². The molecule has 0 saturated heterocycles. The largest absolute Gasteiger partial charge is 0.330 e. The fourth-order valence-corrected chi connectivity index (χ4v) is 2.95. The van der Waals surface area contributed by atoms with Crippen molar-refractivity contribution in [2.75, 3.05) is 6.54 Å². The summed E-state index contributed by atoms with van der Waals surface area (Å²) in [5.41, 5.74) is 8.57. The number of aromatic amines is 1. The van der Waals surface area contributed by atoms with E-state index in [0.29, 0.717) is 12.2 Å². The van der Waals surface area contributed by atoms with Crippen molar-refractivity contribution in [2.45, 2.75) is 38.5 Å². The van der Waals surface area contributed by atoms with E-state index in [9.17, 15) is 8.78 Å². The zero-order valence-electron chi connectivity index (χ0n) is 14.6. The van der Waals surface area contributed by atoms with Gasteiger partial charge >= 0.3 is 0 Å². The molecule has 0 saturated carbocycles.